The molecule has 1 aliphatic carbocycles. The number of halogens is 1. The van der Waals surface area contributed by atoms with Crippen LogP contribution in [0.3, 0.4) is 0 Å². The number of rotatable bonds is 3. The maximum absolute atomic E-state index is 9.12. The number of benzene rings is 1. The van der Waals surface area contributed by atoms with Gasteiger partial charge in [-0.1, -0.05) is 6.07 Å². The zero-order valence-electron chi connectivity index (χ0n) is 8.09. The Kier molecular flexibility index (Phi) is 2.54. The second-order valence-corrected chi connectivity index (χ2v) is 4.73. The van der Waals surface area contributed by atoms with E-state index in [2.05, 4.69) is 15.9 Å². The van der Waals surface area contributed by atoms with E-state index >= 15 is 0 Å². The van der Waals surface area contributed by atoms with E-state index in [0.29, 0.717) is 0 Å². The van der Waals surface area contributed by atoms with Gasteiger partial charge in [-0.25, -0.2) is 0 Å². The summed E-state index contributed by atoms with van der Waals surface area (Å²) in [7, 11) is 0. The lowest BCUT2D eigenvalue weighted by Crippen LogP contribution is -2.22. The molecule has 3 heteroatoms. The van der Waals surface area contributed by atoms with Crippen LogP contribution < -0.4 is 4.74 Å². The average Bonchev–Trinajstić information content (AvgIpc) is 2.91. The normalized spacial score (nSPS) is 17.9. The Hall–Kier alpha value is -0.540. The Labute approximate surface area is 92.0 Å². The fourth-order valence-corrected chi connectivity index (χ4v) is 1.93. The molecule has 0 aliphatic heterocycles. The van der Waals surface area contributed by atoms with E-state index in [4.69, 9.17) is 9.84 Å². The van der Waals surface area contributed by atoms with Crippen molar-refractivity contribution < 1.29 is 9.84 Å². The summed E-state index contributed by atoms with van der Waals surface area (Å²) in [4.78, 5) is 0. The lowest BCUT2D eigenvalue weighted by atomic mass is 10.2. The van der Waals surface area contributed by atoms with E-state index in [0.717, 1.165) is 23.1 Å². The largest absolute Gasteiger partial charge is 0.484 e. The van der Waals surface area contributed by atoms with Crippen LogP contribution in [-0.4, -0.2) is 17.3 Å². The predicted molar refractivity (Wildman–Crippen MR) is 58.6 cm³/mol. The summed E-state index contributed by atoms with van der Waals surface area (Å²) < 4.78 is 6.71. The van der Waals surface area contributed by atoms with Gasteiger partial charge in [-0.15, -0.1) is 0 Å². The first kappa shape index (κ1) is 9.99. The van der Waals surface area contributed by atoms with Crippen molar-refractivity contribution in [2.24, 2.45) is 0 Å². The Morgan fingerprint density at radius 2 is 2.21 bits per heavy atom. The molecule has 0 radical (unpaired) electrons. The van der Waals surface area contributed by atoms with Crippen molar-refractivity contribution in [2.75, 3.05) is 6.61 Å². The van der Waals surface area contributed by atoms with E-state index < -0.39 is 0 Å². The number of ether oxygens (including phenoxy) is 1. The molecule has 0 bridgehead atoms. The van der Waals surface area contributed by atoms with Gasteiger partial charge in [0.2, 0.25) is 0 Å². The summed E-state index contributed by atoms with van der Waals surface area (Å²) in [6, 6.07) is 5.96. The minimum absolute atomic E-state index is 0.104. The molecule has 2 nitrogen and oxygen atoms in total. The Bertz CT molecular complexity index is 345. The van der Waals surface area contributed by atoms with Crippen LogP contribution >= 0.6 is 15.9 Å². The van der Waals surface area contributed by atoms with Crippen LogP contribution in [0, 0.1) is 6.92 Å². The maximum atomic E-state index is 9.12. The first-order chi connectivity index (χ1) is 6.65. The van der Waals surface area contributed by atoms with Crippen LogP contribution in [0.25, 0.3) is 0 Å². The fraction of sp³-hybridized carbons (Fsp3) is 0.455. The van der Waals surface area contributed by atoms with Gasteiger partial charge in [0.25, 0.3) is 0 Å². The van der Waals surface area contributed by atoms with Crippen LogP contribution in [0.4, 0.5) is 0 Å². The van der Waals surface area contributed by atoms with Gasteiger partial charge in [-0.2, -0.15) is 0 Å². The quantitative estimate of drug-likeness (QED) is 0.902. The topological polar surface area (TPSA) is 29.5 Å². The minimum atomic E-state index is -0.294. The Morgan fingerprint density at radius 1 is 1.50 bits per heavy atom. The number of hydrogen-bond donors (Lipinski definition) is 1. The predicted octanol–water partition coefficient (Wildman–Crippen LogP) is 2.66. The highest BCUT2D eigenvalue weighted by atomic mass is 79.9. The number of aryl methyl sites for hydroxylation is 1. The monoisotopic (exact) mass is 256 g/mol. The molecule has 0 heterocycles. The third kappa shape index (κ3) is 1.93. The van der Waals surface area contributed by atoms with Crippen LogP contribution in [0.15, 0.2) is 22.7 Å². The van der Waals surface area contributed by atoms with E-state index in [9.17, 15) is 0 Å². The summed E-state index contributed by atoms with van der Waals surface area (Å²) in [6.45, 7) is 2.14. The van der Waals surface area contributed by atoms with Crippen molar-refractivity contribution >= 4 is 15.9 Å². The molecule has 1 N–H and O–H groups in total. The van der Waals surface area contributed by atoms with Gasteiger partial charge < -0.3 is 9.84 Å². The van der Waals surface area contributed by atoms with Crippen molar-refractivity contribution in [3.05, 3.63) is 28.2 Å². The molecule has 0 amide bonds. The van der Waals surface area contributed by atoms with E-state index in [1.165, 1.54) is 5.56 Å². The third-order valence-electron chi connectivity index (χ3n) is 2.51. The van der Waals surface area contributed by atoms with Crippen LogP contribution in [0.2, 0.25) is 0 Å². The van der Waals surface area contributed by atoms with Gasteiger partial charge in [0, 0.05) is 0 Å². The van der Waals surface area contributed by atoms with Gasteiger partial charge >= 0.3 is 0 Å². The minimum Gasteiger partial charge on any atom is -0.484 e. The molecule has 0 aromatic heterocycles. The molecule has 0 unspecified atom stereocenters. The zero-order chi connectivity index (χ0) is 10.2. The number of aliphatic hydroxyl groups is 1. The van der Waals surface area contributed by atoms with E-state index in [1.54, 1.807) is 0 Å². The lowest BCUT2D eigenvalue weighted by Gasteiger charge is -2.16. The van der Waals surface area contributed by atoms with E-state index in [1.807, 2.05) is 25.1 Å². The summed E-state index contributed by atoms with van der Waals surface area (Å²) in [6.07, 6.45) is 1.90. The Balaban J connectivity index is 2.17. The van der Waals surface area contributed by atoms with E-state index in [-0.39, 0.29) is 12.2 Å². The zero-order valence-corrected chi connectivity index (χ0v) is 9.67. The first-order valence-electron chi connectivity index (χ1n) is 4.71. The van der Waals surface area contributed by atoms with Crippen molar-refractivity contribution in [3.8, 4) is 5.75 Å². The smallest absolute Gasteiger partial charge is 0.134 e. The Morgan fingerprint density at radius 3 is 2.71 bits per heavy atom. The molecule has 1 aromatic rings. The molecular formula is C11H13BrO2. The van der Waals surface area contributed by atoms with Crippen molar-refractivity contribution in [1.82, 2.24) is 0 Å². The van der Waals surface area contributed by atoms with Gasteiger partial charge in [0.15, 0.2) is 0 Å². The van der Waals surface area contributed by atoms with Crippen LogP contribution in [0.1, 0.15) is 18.4 Å². The molecule has 2 rings (SSSR count). The summed E-state index contributed by atoms with van der Waals surface area (Å²) in [5, 5.41) is 9.12. The average molecular weight is 257 g/mol. The molecule has 14 heavy (non-hydrogen) atoms. The highest BCUT2D eigenvalue weighted by Gasteiger charge is 2.45. The second kappa shape index (κ2) is 3.55. The SMILES string of the molecule is Cc1ccc(OC2(CO)CC2)c(Br)c1. The fourth-order valence-electron chi connectivity index (χ4n) is 1.35. The van der Waals surface area contributed by atoms with Gasteiger partial charge in [-0.05, 0) is 53.4 Å². The lowest BCUT2D eigenvalue weighted by molar-refractivity contribution is 0.0946. The number of aliphatic hydroxyl groups excluding tert-OH is 1. The third-order valence-corrected chi connectivity index (χ3v) is 3.13. The molecule has 1 aromatic carbocycles. The first-order valence-corrected chi connectivity index (χ1v) is 5.51. The van der Waals surface area contributed by atoms with Crippen LogP contribution in [-0.2, 0) is 0 Å². The molecule has 1 aliphatic rings. The molecule has 0 spiro atoms. The van der Waals surface area contributed by atoms with Crippen molar-refractivity contribution in [3.63, 3.8) is 0 Å². The van der Waals surface area contributed by atoms with Gasteiger partial charge in [0.05, 0.1) is 11.1 Å². The second-order valence-electron chi connectivity index (χ2n) is 3.88. The molecule has 76 valence electrons. The van der Waals surface area contributed by atoms with Crippen molar-refractivity contribution in [2.45, 2.75) is 25.4 Å². The van der Waals surface area contributed by atoms with Gasteiger partial charge in [-0.3, -0.25) is 0 Å². The number of hydrogen-bond acceptors (Lipinski definition) is 2. The highest BCUT2D eigenvalue weighted by molar-refractivity contribution is 9.10. The molecule has 0 saturated heterocycles. The highest BCUT2D eigenvalue weighted by Crippen LogP contribution is 2.41. The van der Waals surface area contributed by atoms with Crippen molar-refractivity contribution in [1.29, 1.82) is 0 Å². The summed E-state index contributed by atoms with van der Waals surface area (Å²) in [5.74, 6) is 0.821. The summed E-state index contributed by atoms with van der Waals surface area (Å²) >= 11 is 3.45. The van der Waals surface area contributed by atoms with Gasteiger partial charge in [0.1, 0.15) is 11.4 Å². The summed E-state index contributed by atoms with van der Waals surface area (Å²) in [5.41, 5.74) is 0.899. The molecule has 1 saturated carbocycles. The maximum Gasteiger partial charge on any atom is 0.134 e. The molecule has 1 fully saturated rings. The molecule has 0 atom stereocenters. The standard InChI is InChI=1S/C11H13BrO2/c1-8-2-3-10(9(12)6-8)14-11(7-13)4-5-11/h2-3,6,13H,4-5,7H2,1H3. The van der Waals surface area contributed by atoms with Crippen LogP contribution in [0.5, 0.6) is 5.75 Å². The molecular weight excluding hydrogens is 244 g/mol.